The maximum Gasteiger partial charge on any atom is 0.472 e. The average Bonchev–Trinajstić information content (AvgIpc) is 3.22. The third-order valence-electron chi connectivity index (χ3n) is 12.2. The maximum atomic E-state index is 12.8. The van der Waals surface area contributed by atoms with Gasteiger partial charge in [-0.05, 0) is 12.8 Å². The number of carbonyl (C=O) groups excluding carboxylic acids is 1. The summed E-state index contributed by atoms with van der Waals surface area (Å²) in [6.45, 7) is 4.26. The first kappa shape index (κ1) is 58.5. The van der Waals surface area contributed by atoms with E-state index in [-0.39, 0.29) is 25.7 Å². The number of rotatable bonds is 50. The van der Waals surface area contributed by atoms with E-state index < -0.39 is 20.0 Å². The van der Waals surface area contributed by atoms with E-state index in [1.807, 2.05) is 0 Å². The lowest BCUT2D eigenvalue weighted by Crippen LogP contribution is -2.46. The Morgan fingerprint density at radius 2 is 0.780 bits per heavy atom. The Balaban J connectivity index is 3.95. The van der Waals surface area contributed by atoms with Crippen LogP contribution in [0, 0.1) is 0 Å². The quantitative estimate of drug-likeness (QED) is 0.0354. The van der Waals surface area contributed by atoms with Crippen molar-refractivity contribution in [1.29, 1.82) is 0 Å². The number of hydrogen-bond acceptors (Lipinski definition) is 6. The molecule has 0 aliphatic rings. The summed E-state index contributed by atoms with van der Waals surface area (Å²) in [4.78, 5) is 22.8. The van der Waals surface area contributed by atoms with E-state index in [9.17, 15) is 19.4 Å². The molecule has 9 heteroatoms. The van der Waals surface area contributed by atoms with Gasteiger partial charge in [0.25, 0.3) is 0 Å². The summed E-state index contributed by atoms with van der Waals surface area (Å²) in [5, 5.41) is 13.9. The second-order valence-electron chi connectivity index (χ2n) is 18.1. The number of carbonyl (C=O) groups is 1. The molecule has 0 radical (unpaired) electrons. The number of nitrogens with two attached hydrogens (primary N) is 1. The molecule has 0 heterocycles. The van der Waals surface area contributed by atoms with Gasteiger partial charge in [-0.15, -0.1) is 0 Å². The highest BCUT2D eigenvalue weighted by atomic mass is 31.2. The lowest BCUT2D eigenvalue weighted by atomic mass is 10.0. The van der Waals surface area contributed by atoms with E-state index in [1.54, 1.807) is 0 Å². The van der Waals surface area contributed by atoms with Crippen LogP contribution in [-0.4, -0.2) is 47.8 Å². The van der Waals surface area contributed by atoms with E-state index in [4.69, 9.17) is 14.8 Å². The standard InChI is InChI=1S/C50H103N2O6P/c1-3-5-7-9-11-13-15-17-19-21-22-23-24-25-26-27-28-30-32-34-36-38-40-42-44-50(54)52-48(47-58-59(55,56)57-46-45-51)49(53)43-41-39-37-35-33-31-29-20-18-16-14-12-10-8-6-4-2/h48-49,53H,3-47,51H2,1-2H3,(H,52,54)(H,55,56)/t48-,49+/m0/s1. The summed E-state index contributed by atoms with van der Waals surface area (Å²) in [5.74, 6) is -0.154. The molecular weight excluding hydrogens is 756 g/mol. The molecule has 0 saturated heterocycles. The van der Waals surface area contributed by atoms with Gasteiger partial charge in [-0.25, -0.2) is 4.57 Å². The molecule has 0 bridgehead atoms. The SMILES string of the molecule is CCCCCCCCCCCCCCCCCCCCCCCCCCC(=O)N[C@@H](COP(=O)(O)OCCN)[C@H](O)CCCCCCCCCCCCCCCCCC. The fourth-order valence-corrected chi connectivity index (χ4v) is 9.02. The highest BCUT2D eigenvalue weighted by Crippen LogP contribution is 2.43. The van der Waals surface area contributed by atoms with Crippen molar-refractivity contribution in [3.8, 4) is 0 Å². The number of unbranched alkanes of at least 4 members (excludes halogenated alkanes) is 38. The van der Waals surface area contributed by atoms with Crippen molar-refractivity contribution in [3.05, 3.63) is 0 Å². The maximum absolute atomic E-state index is 12.8. The molecular formula is C50H103N2O6P. The van der Waals surface area contributed by atoms with Crippen LogP contribution < -0.4 is 11.1 Å². The Kier molecular flexibility index (Phi) is 46.6. The van der Waals surface area contributed by atoms with Gasteiger partial charge in [-0.3, -0.25) is 13.8 Å². The lowest BCUT2D eigenvalue weighted by molar-refractivity contribution is -0.123. The first-order chi connectivity index (χ1) is 28.9. The van der Waals surface area contributed by atoms with Gasteiger partial charge in [0, 0.05) is 13.0 Å². The molecule has 354 valence electrons. The zero-order valence-electron chi connectivity index (χ0n) is 39.5. The van der Waals surface area contributed by atoms with Gasteiger partial charge in [0.1, 0.15) is 0 Å². The molecule has 1 amide bonds. The van der Waals surface area contributed by atoms with Crippen LogP contribution in [0.3, 0.4) is 0 Å². The molecule has 0 fully saturated rings. The number of phosphoric acid groups is 1. The van der Waals surface area contributed by atoms with Crippen LogP contribution in [0.5, 0.6) is 0 Å². The molecule has 0 aromatic rings. The molecule has 0 saturated carbocycles. The first-order valence-corrected chi connectivity index (χ1v) is 27.6. The van der Waals surface area contributed by atoms with E-state index in [2.05, 4.69) is 19.2 Å². The monoisotopic (exact) mass is 859 g/mol. The summed E-state index contributed by atoms with van der Waals surface area (Å²) in [7, 11) is -4.31. The van der Waals surface area contributed by atoms with E-state index in [0.717, 1.165) is 38.5 Å². The van der Waals surface area contributed by atoms with Gasteiger partial charge in [0.2, 0.25) is 5.91 Å². The summed E-state index contributed by atoms with van der Waals surface area (Å²) >= 11 is 0. The fraction of sp³-hybridized carbons (Fsp3) is 0.980. The van der Waals surface area contributed by atoms with Gasteiger partial charge in [-0.2, -0.15) is 0 Å². The third-order valence-corrected chi connectivity index (χ3v) is 13.2. The minimum atomic E-state index is -4.31. The normalized spacial score (nSPS) is 13.8. The second kappa shape index (κ2) is 47.0. The largest absolute Gasteiger partial charge is 0.472 e. The first-order valence-electron chi connectivity index (χ1n) is 26.2. The zero-order chi connectivity index (χ0) is 43.2. The highest BCUT2D eigenvalue weighted by Gasteiger charge is 2.27. The van der Waals surface area contributed by atoms with E-state index in [1.165, 1.54) is 218 Å². The molecule has 0 aromatic heterocycles. The van der Waals surface area contributed by atoms with Crippen molar-refractivity contribution in [1.82, 2.24) is 5.32 Å². The fourth-order valence-electron chi connectivity index (χ4n) is 8.26. The zero-order valence-corrected chi connectivity index (χ0v) is 40.4. The Morgan fingerprint density at radius 3 is 1.08 bits per heavy atom. The van der Waals surface area contributed by atoms with Crippen LogP contribution in [0.25, 0.3) is 0 Å². The molecule has 8 nitrogen and oxygen atoms in total. The number of nitrogens with one attached hydrogen (secondary N) is 1. The van der Waals surface area contributed by atoms with Gasteiger partial charge in [0.15, 0.2) is 0 Å². The van der Waals surface area contributed by atoms with Gasteiger partial charge < -0.3 is 21.1 Å². The molecule has 59 heavy (non-hydrogen) atoms. The molecule has 1 unspecified atom stereocenters. The topological polar surface area (TPSA) is 131 Å². The van der Waals surface area contributed by atoms with Crippen LogP contribution in [0.2, 0.25) is 0 Å². The number of hydrogen-bond donors (Lipinski definition) is 4. The summed E-state index contributed by atoms with van der Waals surface area (Å²) < 4.78 is 22.3. The minimum absolute atomic E-state index is 0.0928. The van der Waals surface area contributed by atoms with Crippen molar-refractivity contribution in [2.75, 3.05) is 19.8 Å². The summed E-state index contributed by atoms with van der Waals surface area (Å²) in [6, 6.07) is -0.768. The number of amides is 1. The van der Waals surface area contributed by atoms with E-state index in [0.29, 0.717) is 12.8 Å². The summed E-state index contributed by atoms with van der Waals surface area (Å²) in [6.07, 6.45) is 52.7. The summed E-state index contributed by atoms with van der Waals surface area (Å²) in [5.41, 5.74) is 5.40. The van der Waals surface area contributed by atoms with Crippen molar-refractivity contribution in [2.24, 2.45) is 5.73 Å². The smallest absolute Gasteiger partial charge is 0.391 e. The predicted octanol–water partition coefficient (Wildman–Crippen LogP) is 15.3. The van der Waals surface area contributed by atoms with Crippen LogP contribution >= 0.6 is 7.82 Å². The number of aliphatic hydroxyl groups excluding tert-OH is 1. The van der Waals surface area contributed by atoms with Crippen LogP contribution in [-0.2, 0) is 18.4 Å². The average molecular weight is 859 g/mol. The molecule has 0 rings (SSSR count). The van der Waals surface area contributed by atoms with Crippen LogP contribution in [0.15, 0.2) is 0 Å². The predicted molar refractivity (Wildman–Crippen MR) is 254 cm³/mol. The van der Waals surface area contributed by atoms with Gasteiger partial charge in [0.05, 0.1) is 25.4 Å². The molecule has 0 spiro atoms. The van der Waals surface area contributed by atoms with Crippen LogP contribution in [0.1, 0.15) is 284 Å². The third kappa shape index (κ3) is 45.3. The Hall–Kier alpha value is -0.500. The molecule has 0 aliphatic heterocycles. The molecule has 0 aliphatic carbocycles. The minimum Gasteiger partial charge on any atom is -0.391 e. The van der Waals surface area contributed by atoms with Gasteiger partial charge in [-0.1, -0.05) is 264 Å². The Labute approximate surface area is 367 Å². The van der Waals surface area contributed by atoms with Gasteiger partial charge >= 0.3 is 7.82 Å². The van der Waals surface area contributed by atoms with E-state index >= 15 is 0 Å². The molecule has 3 atom stereocenters. The van der Waals surface area contributed by atoms with Crippen molar-refractivity contribution in [2.45, 2.75) is 296 Å². The van der Waals surface area contributed by atoms with Crippen molar-refractivity contribution < 1.29 is 28.4 Å². The number of aliphatic hydroxyl groups is 1. The second-order valence-corrected chi connectivity index (χ2v) is 19.6. The van der Waals surface area contributed by atoms with Crippen molar-refractivity contribution >= 4 is 13.7 Å². The highest BCUT2D eigenvalue weighted by molar-refractivity contribution is 7.47. The molecule has 0 aromatic carbocycles. The van der Waals surface area contributed by atoms with Crippen molar-refractivity contribution in [3.63, 3.8) is 0 Å². The number of phosphoric ester groups is 1. The Bertz CT molecular complexity index is 895. The lowest BCUT2D eigenvalue weighted by Gasteiger charge is -2.25. The molecule has 5 N–H and O–H groups in total. The Morgan fingerprint density at radius 1 is 0.492 bits per heavy atom. The van der Waals surface area contributed by atoms with Crippen LogP contribution in [0.4, 0.5) is 0 Å².